The highest BCUT2D eigenvalue weighted by atomic mass is 32.2. The molecular weight excluding hydrogens is 367 g/mol. The maximum atomic E-state index is 13.2. The summed E-state index contributed by atoms with van der Waals surface area (Å²) in [5, 5.41) is 2.82. The lowest BCUT2D eigenvalue weighted by atomic mass is 10.1. The first-order chi connectivity index (χ1) is 12.8. The van der Waals surface area contributed by atoms with Gasteiger partial charge in [0, 0.05) is 12.1 Å². The quantitative estimate of drug-likeness (QED) is 0.620. The van der Waals surface area contributed by atoms with E-state index in [1.54, 1.807) is 6.07 Å². The Bertz CT molecular complexity index is 1040. The highest BCUT2D eigenvalue weighted by Gasteiger charge is 2.28. The van der Waals surface area contributed by atoms with Crippen LogP contribution in [0.25, 0.3) is 11.5 Å². The number of aromatic nitrogens is 1. The molecular formula is C20H21FN2O3S. The van der Waals surface area contributed by atoms with Crippen LogP contribution in [0, 0.1) is 18.7 Å². The maximum Gasteiger partial charge on any atom is 0.233 e. The summed E-state index contributed by atoms with van der Waals surface area (Å²) < 4.78 is 45.0. The molecule has 7 heteroatoms. The lowest BCUT2D eigenvalue weighted by Crippen LogP contribution is -2.11. The van der Waals surface area contributed by atoms with Crippen LogP contribution in [0.15, 0.2) is 62.9 Å². The minimum atomic E-state index is -3.97. The molecule has 3 aromatic rings. The van der Waals surface area contributed by atoms with E-state index >= 15 is 0 Å². The Hall–Kier alpha value is -2.67. The molecule has 0 aliphatic rings. The van der Waals surface area contributed by atoms with Crippen molar-refractivity contribution >= 4 is 15.7 Å². The third kappa shape index (κ3) is 4.19. The van der Waals surface area contributed by atoms with E-state index in [9.17, 15) is 12.8 Å². The lowest BCUT2D eigenvalue weighted by molar-refractivity contribution is 0.567. The molecule has 0 fully saturated rings. The zero-order chi connectivity index (χ0) is 19.6. The van der Waals surface area contributed by atoms with Crippen molar-refractivity contribution in [3.8, 4) is 11.5 Å². The summed E-state index contributed by atoms with van der Waals surface area (Å²) in [7, 11) is -3.97. The van der Waals surface area contributed by atoms with Gasteiger partial charge in [0.15, 0.2) is 0 Å². The molecule has 0 saturated carbocycles. The number of aryl methyl sites for hydroxylation is 1. The molecule has 0 aliphatic heterocycles. The zero-order valence-corrected chi connectivity index (χ0v) is 16.2. The van der Waals surface area contributed by atoms with E-state index in [0.717, 1.165) is 17.7 Å². The first-order valence-corrected chi connectivity index (χ1v) is 10.1. The van der Waals surface area contributed by atoms with Gasteiger partial charge in [0.1, 0.15) is 5.82 Å². The predicted octanol–water partition coefficient (Wildman–Crippen LogP) is 4.69. The van der Waals surface area contributed by atoms with Crippen LogP contribution in [-0.2, 0) is 9.84 Å². The fourth-order valence-electron chi connectivity index (χ4n) is 2.52. The number of halogens is 1. The molecule has 1 heterocycles. The first kappa shape index (κ1) is 19.1. The molecule has 3 rings (SSSR count). The minimum Gasteiger partial charge on any atom is -0.419 e. The van der Waals surface area contributed by atoms with Gasteiger partial charge in [-0.25, -0.2) is 12.8 Å². The summed E-state index contributed by atoms with van der Waals surface area (Å²) in [4.78, 5) is 4.22. The Morgan fingerprint density at radius 3 is 2.48 bits per heavy atom. The minimum absolute atomic E-state index is 0.0411. The molecule has 1 aromatic heterocycles. The molecule has 27 heavy (non-hydrogen) atoms. The van der Waals surface area contributed by atoms with Gasteiger partial charge in [-0.1, -0.05) is 31.5 Å². The van der Waals surface area contributed by atoms with Crippen molar-refractivity contribution in [2.75, 3.05) is 11.9 Å². The van der Waals surface area contributed by atoms with Gasteiger partial charge in [-0.15, -0.1) is 0 Å². The summed E-state index contributed by atoms with van der Waals surface area (Å²) in [6.45, 7) is 6.45. The Balaban J connectivity index is 2.10. The van der Waals surface area contributed by atoms with Crippen LogP contribution in [-0.4, -0.2) is 19.9 Å². The smallest absolute Gasteiger partial charge is 0.233 e. The van der Waals surface area contributed by atoms with E-state index in [1.165, 1.54) is 12.1 Å². The van der Waals surface area contributed by atoms with Gasteiger partial charge in [0.05, 0.1) is 4.90 Å². The van der Waals surface area contributed by atoms with Gasteiger partial charge in [0.25, 0.3) is 0 Å². The molecule has 0 radical (unpaired) electrons. The van der Waals surface area contributed by atoms with Crippen LogP contribution in [0.5, 0.6) is 0 Å². The van der Waals surface area contributed by atoms with E-state index in [2.05, 4.69) is 10.3 Å². The molecule has 0 unspecified atom stereocenters. The van der Waals surface area contributed by atoms with Gasteiger partial charge in [-0.2, -0.15) is 4.98 Å². The fourth-order valence-corrected chi connectivity index (χ4v) is 3.80. The normalized spacial score (nSPS) is 11.7. The number of sulfone groups is 1. The largest absolute Gasteiger partial charge is 0.419 e. The van der Waals surface area contributed by atoms with Gasteiger partial charge in [-0.3, -0.25) is 0 Å². The Labute approximate surface area is 158 Å². The third-order valence-corrected chi connectivity index (χ3v) is 5.59. The van der Waals surface area contributed by atoms with E-state index in [4.69, 9.17) is 4.42 Å². The van der Waals surface area contributed by atoms with Crippen LogP contribution >= 0.6 is 0 Å². The number of nitrogens with one attached hydrogen (secondary N) is 1. The standard InChI is InChI=1S/C20H21FN2O3S/c1-13(2)12-22-19-20(27(24,25)17-9-7-16(21)8-10-17)23-18(26-19)15-6-4-5-14(3)11-15/h4-11,13,22H,12H2,1-3H3. The average molecular weight is 388 g/mol. The molecule has 2 aromatic carbocycles. The van der Waals surface area contributed by atoms with Crippen LogP contribution in [0.4, 0.5) is 10.3 Å². The first-order valence-electron chi connectivity index (χ1n) is 8.60. The average Bonchev–Trinajstić information content (AvgIpc) is 3.05. The van der Waals surface area contributed by atoms with Crippen LogP contribution in [0.2, 0.25) is 0 Å². The second-order valence-electron chi connectivity index (χ2n) is 6.75. The fraction of sp³-hybridized carbons (Fsp3) is 0.250. The second kappa shape index (κ2) is 7.52. The highest BCUT2D eigenvalue weighted by molar-refractivity contribution is 7.91. The van der Waals surface area contributed by atoms with E-state index in [1.807, 2.05) is 39.0 Å². The molecule has 0 aliphatic carbocycles. The number of oxazole rings is 1. The number of rotatable bonds is 6. The molecule has 0 atom stereocenters. The van der Waals surface area contributed by atoms with Gasteiger partial charge >= 0.3 is 0 Å². The number of hydrogen-bond acceptors (Lipinski definition) is 5. The van der Waals surface area contributed by atoms with Crippen molar-refractivity contribution in [1.82, 2.24) is 4.98 Å². The van der Waals surface area contributed by atoms with Crippen molar-refractivity contribution in [1.29, 1.82) is 0 Å². The molecule has 0 saturated heterocycles. The molecule has 0 bridgehead atoms. The topological polar surface area (TPSA) is 72.2 Å². The molecule has 0 spiro atoms. The summed E-state index contributed by atoms with van der Waals surface area (Å²) in [6, 6.07) is 12.1. The molecule has 0 amide bonds. The van der Waals surface area contributed by atoms with Crippen LogP contribution in [0.3, 0.4) is 0 Å². The van der Waals surface area contributed by atoms with Crippen molar-refractivity contribution in [3.05, 3.63) is 59.9 Å². The SMILES string of the molecule is Cc1cccc(-c2nc(S(=O)(=O)c3ccc(F)cc3)c(NCC(C)C)o2)c1. The number of nitrogens with zero attached hydrogens (tertiary/aromatic N) is 1. The third-order valence-electron chi connectivity index (χ3n) is 3.91. The van der Waals surface area contributed by atoms with Crippen LogP contribution < -0.4 is 5.32 Å². The van der Waals surface area contributed by atoms with E-state index in [-0.39, 0.29) is 27.6 Å². The van der Waals surface area contributed by atoms with Crippen molar-refractivity contribution < 1.29 is 17.2 Å². The van der Waals surface area contributed by atoms with E-state index < -0.39 is 15.7 Å². The van der Waals surface area contributed by atoms with Crippen molar-refractivity contribution in [3.63, 3.8) is 0 Å². The lowest BCUT2D eigenvalue weighted by Gasteiger charge is -2.08. The second-order valence-corrected chi connectivity index (χ2v) is 8.62. The van der Waals surface area contributed by atoms with Gasteiger partial charge in [0.2, 0.25) is 26.6 Å². The maximum absolute atomic E-state index is 13.2. The van der Waals surface area contributed by atoms with E-state index in [0.29, 0.717) is 12.1 Å². The van der Waals surface area contributed by atoms with Crippen LogP contribution in [0.1, 0.15) is 19.4 Å². The number of hydrogen-bond donors (Lipinski definition) is 1. The summed E-state index contributed by atoms with van der Waals surface area (Å²) in [6.07, 6.45) is 0. The monoisotopic (exact) mass is 388 g/mol. The van der Waals surface area contributed by atoms with Gasteiger partial charge < -0.3 is 9.73 Å². The molecule has 142 valence electrons. The molecule has 1 N–H and O–H groups in total. The highest BCUT2D eigenvalue weighted by Crippen LogP contribution is 2.32. The van der Waals surface area contributed by atoms with Crippen molar-refractivity contribution in [2.24, 2.45) is 5.92 Å². The summed E-state index contributed by atoms with van der Waals surface area (Å²) in [5.74, 6) is 0.0711. The number of benzene rings is 2. The molecule has 5 nitrogen and oxygen atoms in total. The summed E-state index contributed by atoms with van der Waals surface area (Å²) >= 11 is 0. The van der Waals surface area contributed by atoms with Gasteiger partial charge in [-0.05, 0) is 49.2 Å². The number of anilines is 1. The Kier molecular flexibility index (Phi) is 5.32. The van der Waals surface area contributed by atoms with Crippen molar-refractivity contribution in [2.45, 2.75) is 30.7 Å². The Morgan fingerprint density at radius 1 is 1.15 bits per heavy atom. The predicted molar refractivity (Wildman–Crippen MR) is 102 cm³/mol. The zero-order valence-electron chi connectivity index (χ0n) is 15.4. The summed E-state index contributed by atoms with van der Waals surface area (Å²) in [5.41, 5.74) is 1.69. The Morgan fingerprint density at radius 2 is 1.85 bits per heavy atom.